The third-order valence-electron chi connectivity index (χ3n) is 7.94. The van der Waals surface area contributed by atoms with Gasteiger partial charge in [0.25, 0.3) is 0 Å². The number of ether oxygens (including phenoxy) is 1. The topological polar surface area (TPSA) is 128 Å². The van der Waals surface area contributed by atoms with Gasteiger partial charge in [0.2, 0.25) is 5.95 Å². The van der Waals surface area contributed by atoms with Crippen LogP contribution in [-0.4, -0.2) is 58.7 Å². The number of Topliss-reactive ketones (excluding diaryl/α,β-unsaturated/α-hetero) is 2. The highest BCUT2D eigenvalue weighted by atomic mass is 35.5. The summed E-state index contributed by atoms with van der Waals surface area (Å²) < 4.78 is 67.9. The number of sulfone groups is 1. The van der Waals surface area contributed by atoms with Gasteiger partial charge in [0.1, 0.15) is 11.6 Å². The van der Waals surface area contributed by atoms with E-state index in [4.69, 9.17) is 16.3 Å². The Morgan fingerprint density at radius 1 is 1.00 bits per heavy atom. The first-order chi connectivity index (χ1) is 21.4. The number of aromatic nitrogens is 3. The lowest BCUT2D eigenvalue weighted by atomic mass is 9.82. The molecule has 0 radical (unpaired) electrons. The summed E-state index contributed by atoms with van der Waals surface area (Å²) in [5.41, 5.74) is 0.524. The van der Waals surface area contributed by atoms with E-state index >= 15 is 0 Å². The van der Waals surface area contributed by atoms with Crippen molar-refractivity contribution >= 4 is 39.0 Å². The van der Waals surface area contributed by atoms with Gasteiger partial charge >= 0.3 is 12.2 Å². The molecule has 1 fully saturated rings. The summed E-state index contributed by atoms with van der Waals surface area (Å²) in [6.07, 6.45) is -2.74. The third-order valence-corrected chi connectivity index (χ3v) is 10.3. The Labute approximate surface area is 271 Å². The van der Waals surface area contributed by atoms with E-state index in [0.29, 0.717) is 16.1 Å². The van der Waals surface area contributed by atoms with Crippen LogP contribution in [0.25, 0.3) is 0 Å². The van der Waals surface area contributed by atoms with Crippen molar-refractivity contribution in [3.05, 3.63) is 76.1 Å². The zero-order valence-corrected chi connectivity index (χ0v) is 27.5. The van der Waals surface area contributed by atoms with Crippen LogP contribution in [-0.2, 0) is 26.6 Å². The zero-order valence-electron chi connectivity index (χ0n) is 25.9. The molecule has 2 aromatic carbocycles. The number of nitrogens with zero attached hydrogens (tertiary/aromatic N) is 3. The number of anilines is 1. The summed E-state index contributed by atoms with van der Waals surface area (Å²) in [4.78, 5) is 38.2. The van der Waals surface area contributed by atoms with Crippen molar-refractivity contribution < 1.29 is 35.9 Å². The lowest BCUT2D eigenvalue weighted by Crippen LogP contribution is -2.33. The van der Waals surface area contributed by atoms with Crippen LogP contribution in [0.1, 0.15) is 80.7 Å². The molecule has 0 atom stereocenters. The fourth-order valence-electron chi connectivity index (χ4n) is 4.58. The standard InChI is InChI=1S/C32H36ClF3N4O5S/c1-20(2)46(43,44)18-26(42)30(3,4)14-13-25(41)22-7-5-21(6-8-22)17-27-37-28(39-29(38-27)45-19-32(34,35)36)40-31(15-16-31)23-9-11-24(33)12-10-23/h5-12,20H,13-19H2,1-4H3,(H,37,38,39,40). The molecule has 14 heteroatoms. The molecule has 1 aliphatic carbocycles. The Balaban J connectivity index is 1.45. The maximum atomic E-state index is 12.9. The number of ketones is 2. The van der Waals surface area contributed by atoms with Crippen molar-refractivity contribution in [3.8, 4) is 6.01 Å². The van der Waals surface area contributed by atoms with Gasteiger partial charge < -0.3 is 10.1 Å². The SMILES string of the molecule is CC(C)S(=O)(=O)CC(=O)C(C)(C)CCC(=O)c1ccc(Cc2nc(NC3(c4ccc(Cl)cc4)CC3)nc(OCC(F)(F)F)n2)cc1. The summed E-state index contributed by atoms with van der Waals surface area (Å²) in [5.74, 6) is -0.988. The van der Waals surface area contributed by atoms with Crippen molar-refractivity contribution in [2.45, 2.75) is 76.8 Å². The highest BCUT2D eigenvalue weighted by Crippen LogP contribution is 2.48. The highest BCUT2D eigenvalue weighted by molar-refractivity contribution is 7.92. The second-order valence-corrected chi connectivity index (χ2v) is 15.4. The second kappa shape index (κ2) is 13.6. The van der Waals surface area contributed by atoms with E-state index in [1.165, 1.54) is 13.8 Å². The number of hydrogen-bond acceptors (Lipinski definition) is 9. The van der Waals surface area contributed by atoms with Crippen LogP contribution in [0.5, 0.6) is 6.01 Å². The second-order valence-electron chi connectivity index (χ2n) is 12.4. The van der Waals surface area contributed by atoms with E-state index in [0.717, 1.165) is 18.4 Å². The first kappa shape index (κ1) is 35.3. The summed E-state index contributed by atoms with van der Waals surface area (Å²) in [5, 5.41) is 3.14. The Morgan fingerprint density at radius 3 is 2.20 bits per heavy atom. The molecule has 3 aromatic rings. The Hall–Kier alpha value is -3.58. The molecule has 0 unspecified atom stereocenters. The van der Waals surface area contributed by atoms with Gasteiger partial charge in [-0.2, -0.15) is 28.1 Å². The molecule has 1 N–H and O–H groups in total. The number of carbonyl (C=O) groups is 2. The van der Waals surface area contributed by atoms with Crippen LogP contribution < -0.4 is 10.1 Å². The van der Waals surface area contributed by atoms with Gasteiger partial charge in [0.15, 0.2) is 28.0 Å². The number of hydrogen-bond donors (Lipinski definition) is 1. The lowest BCUT2D eigenvalue weighted by molar-refractivity contribution is -0.154. The average Bonchev–Trinajstić information content (AvgIpc) is 3.75. The summed E-state index contributed by atoms with van der Waals surface area (Å²) in [6.45, 7) is 4.74. The molecule has 1 heterocycles. The van der Waals surface area contributed by atoms with E-state index < -0.39 is 56.4 Å². The van der Waals surface area contributed by atoms with Gasteiger partial charge in [-0.3, -0.25) is 9.59 Å². The first-order valence-electron chi connectivity index (χ1n) is 14.7. The van der Waals surface area contributed by atoms with Gasteiger partial charge in [-0.1, -0.05) is 61.8 Å². The van der Waals surface area contributed by atoms with E-state index in [-0.39, 0.29) is 36.8 Å². The van der Waals surface area contributed by atoms with E-state index in [1.54, 1.807) is 50.2 Å². The van der Waals surface area contributed by atoms with Crippen molar-refractivity contribution in [2.75, 3.05) is 17.7 Å². The molecule has 0 amide bonds. The fraction of sp³-hybridized carbons (Fsp3) is 0.469. The van der Waals surface area contributed by atoms with Crippen LogP contribution in [0.2, 0.25) is 5.02 Å². The largest absolute Gasteiger partial charge is 0.454 e. The van der Waals surface area contributed by atoms with Gasteiger partial charge in [0.05, 0.1) is 10.8 Å². The minimum atomic E-state index is -4.59. The van der Waals surface area contributed by atoms with Gasteiger partial charge in [0, 0.05) is 28.8 Å². The molecule has 0 spiro atoms. The monoisotopic (exact) mass is 680 g/mol. The number of carbonyl (C=O) groups excluding carboxylic acids is 2. The van der Waals surface area contributed by atoms with E-state index in [9.17, 15) is 31.2 Å². The predicted molar refractivity (Wildman–Crippen MR) is 168 cm³/mol. The van der Waals surface area contributed by atoms with Crippen molar-refractivity contribution in [1.29, 1.82) is 0 Å². The molecule has 1 aliphatic rings. The normalized spacial score (nSPS) is 14.6. The maximum absolute atomic E-state index is 12.9. The Morgan fingerprint density at radius 2 is 1.63 bits per heavy atom. The molecule has 1 saturated carbocycles. The smallest absolute Gasteiger partial charge is 0.422 e. The van der Waals surface area contributed by atoms with Crippen LogP contribution in [0, 0.1) is 5.41 Å². The molecule has 0 saturated heterocycles. The molecule has 9 nitrogen and oxygen atoms in total. The lowest BCUT2D eigenvalue weighted by Gasteiger charge is -2.23. The summed E-state index contributed by atoms with van der Waals surface area (Å²) >= 11 is 6.02. The Bertz CT molecular complexity index is 1680. The van der Waals surface area contributed by atoms with E-state index in [2.05, 4.69) is 20.3 Å². The highest BCUT2D eigenvalue weighted by Gasteiger charge is 2.45. The summed E-state index contributed by atoms with van der Waals surface area (Å²) in [6, 6.07) is 13.4. The molecule has 248 valence electrons. The summed E-state index contributed by atoms with van der Waals surface area (Å²) in [7, 11) is -3.55. The number of rotatable bonds is 15. The fourth-order valence-corrected chi connectivity index (χ4v) is 5.80. The van der Waals surface area contributed by atoms with Crippen LogP contribution >= 0.6 is 11.6 Å². The Kier molecular flexibility index (Phi) is 10.5. The molecule has 4 rings (SSSR count). The third kappa shape index (κ3) is 9.47. The minimum Gasteiger partial charge on any atom is -0.454 e. The molecular formula is C32H36ClF3N4O5S. The number of halogens is 4. The molecule has 1 aromatic heterocycles. The van der Waals surface area contributed by atoms with Gasteiger partial charge in [-0.05, 0) is 56.4 Å². The zero-order chi connectivity index (χ0) is 33.9. The first-order valence-corrected chi connectivity index (χ1v) is 16.8. The number of benzene rings is 2. The predicted octanol–water partition coefficient (Wildman–Crippen LogP) is 6.54. The maximum Gasteiger partial charge on any atom is 0.422 e. The van der Waals surface area contributed by atoms with Crippen molar-refractivity contribution in [3.63, 3.8) is 0 Å². The van der Waals surface area contributed by atoms with Gasteiger partial charge in [-0.25, -0.2) is 8.42 Å². The molecule has 0 aliphatic heterocycles. The molecule has 46 heavy (non-hydrogen) atoms. The van der Waals surface area contributed by atoms with Crippen molar-refractivity contribution in [1.82, 2.24) is 15.0 Å². The molecular weight excluding hydrogens is 645 g/mol. The van der Waals surface area contributed by atoms with Gasteiger partial charge in [-0.15, -0.1) is 0 Å². The van der Waals surface area contributed by atoms with Crippen molar-refractivity contribution in [2.24, 2.45) is 5.41 Å². The number of alkyl halides is 3. The minimum absolute atomic E-state index is 0.0393. The van der Waals surface area contributed by atoms with E-state index in [1.807, 2.05) is 12.1 Å². The quantitative estimate of drug-likeness (QED) is 0.178. The number of nitrogens with one attached hydrogen (secondary N) is 1. The molecule has 0 bridgehead atoms. The van der Waals surface area contributed by atoms with Crippen LogP contribution in [0.15, 0.2) is 48.5 Å². The van der Waals surface area contributed by atoms with Crippen LogP contribution in [0.3, 0.4) is 0 Å². The van der Waals surface area contributed by atoms with Crippen LogP contribution in [0.4, 0.5) is 19.1 Å². The average molecular weight is 681 g/mol.